The summed E-state index contributed by atoms with van der Waals surface area (Å²) in [5, 5.41) is 18.3. The van der Waals surface area contributed by atoms with Crippen molar-refractivity contribution in [3.05, 3.63) is 36.5 Å². The van der Waals surface area contributed by atoms with Gasteiger partial charge in [0.15, 0.2) is 5.69 Å². The van der Waals surface area contributed by atoms with Gasteiger partial charge in [-0.3, -0.25) is 4.98 Å². The average molecular weight is 217 g/mol. The van der Waals surface area contributed by atoms with Crippen molar-refractivity contribution >= 4 is 5.97 Å². The van der Waals surface area contributed by atoms with Crippen LogP contribution in [-0.2, 0) is 0 Å². The fraction of sp³-hybridized carbons (Fsp3) is 0. The van der Waals surface area contributed by atoms with Crippen LogP contribution in [0.4, 0.5) is 0 Å². The number of nitrogens with zero attached hydrogens (tertiary/aromatic N) is 3. The van der Waals surface area contributed by atoms with Crippen molar-refractivity contribution in [3.8, 4) is 17.0 Å². The van der Waals surface area contributed by atoms with Crippen molar-refractivity contribution in [1.29, 1.82) is 0 Å². The second-order valence-electron chi connectivity index (χ2n) is 2.99. The van der Waals surface area contributed by atoms with E-state index in [9.17, 15) is 9.90 Å². The highest BCUT2D eigenvalue weighted by atomic mass is 16.4. The highest BCUT2D eigenvalue weighted by Gasteiger charge is 2.10. The molecule has 16 heavy (non-hydrogen) atoms. The summed E-state index contributed by atoms with van der Waals surface area (Å²) in [7, 11) is 0. The molecule has 0 radical (unpaired) electrons. The zero-order chi connectivity index (χ0) is 11.5. The van der Waals surface area contributed by atoms with E-state index in [1.54, 1.807) is 6.07 Å². The largest absolute Gasteiger partial charge is 0.506 e. The summed E-state index contributed by atoms with van der Waals surface area (Å²) >= 11 is 0. The van der Waals surface area contributed by atoms with Crippen molar-refractivity contribution in [2.24, 2.45) is 0 Å². The molecule has 0 fully saturated rings. The second kappa shape index (κ2) is 3.93. The van der Waals surface area contributed by atoms with Gasteiger partial charge in [0.1, 0.15) is 12.1 Å². The molecule has 2 aromatic heterocycles. The van der Waals surface area contributed by atoms with Gasteiger partial charge in [-0.25, -0.2) is 14.8 Å². The van der Waals surface area contributed by atoms with Crippen LogP contribution >= 0.6 is 0 Å². The molecule has 2 N–H and O–H groups in total. The molecule has 2 aromatic rings. The number of aromatic hydroxyl groups is 1. The minimum Gasteiger partial charge on any atom is -0.506 e. The molecule has 0 saturated heterocycles. The first-order valence-corrected chi connectivity index (χ1v) is 4.37. The Kier molecular flexibility index (Phi) is 2.47. The molecule has 0 bridgehead atoms. The van der Waals surface area contributed by atoms with E-state index in [0.29, 0.717) is 11.3 Å². The SMILES string of the molecule is O=C(O)c1cc(-c2ccncc2O)ncn1. The van der Waals surface area contributed by atoms with E-state index in [0.717, 1.165) is 6.33 Å². The Bertz CT molecular complexity index is 542. The normalized spacial score (nSPS) is 10.0. The molecule has 0 aliphatic rings. The number of carboxylic acids is 1. The Hall–Kier alpha value is -2.50. The predicted octanol–water partition coefficient (Wildman–Crippen LogP) is 0.942. The molecule has 6 nitrogen and oxygen atoms in total. The zero-order valence-corrected chi connectivity index (χ0v) is 8.03. The van der Waals surface area contributed by atoms with Crippen molar-refractivity contribution in [2.75, 3.05) is 0 Å². The molecule has 2 heterocycles. The van der Waals surface area contributed by atoms with Crippen molar-refractivity contribution in [3.63, 3.8) is 0 Å². The van der Waals surface area contributed by atoms with Crippen LogP contribution in [0.5, 0.6) is 5.75 Å². The number of aromatic nitrogens is 3. The molecule has 0 aromatic carbocycles. The third-order valence-electron chi connectivity index (χ3n) is 1.96. The Morgan fingerprint density at radius 1 is 1.31 bits per heavy atom. The smallest absolute Gasteiger partial charge is 0.354 e. The molecular weight excluding hydrogens is 210 g/mol. The number of carboxylic acid groups (broad SMARTS) is 1. The first-order chi connectivity index (χ1) is 7.68. The molecule has 2 rings (SSSR count). The molecule has 0 amide bonds. The summed E-state index contributed by atoms with van der Waals surface area (Å²) in [5.41, 5.74) is 0.633. The van der Waals surface area contributed by atoms with Crippen LogP contribution in [0.3, 0.4) is 0 Å². The van der Waals surface area contributed by atoms with Gasteiger partial charge in [0.05, 0.1) is 11.9 Å². The first kappa shape index (κ1) is 10.0. The van der Waals surface area contributed by atoms with E-state index in [-0.39, 0.29) is 11.4 Å². The molecule has 0 aliphatic heterocycles. The maximum absolute atomic E-state index is 10.7. The lowest BCUT2D eigenvalue weighted by Gasteiger charge is -2.02. The molecule has 80 valence electrons. The molecule has 0 aliphatic carbocycles. The van der Waals surface area contributed by atoms with Gasteiger partial charge in [-0.1, -0.05) is 0 Å². The van der Waals surface area contributed by atoms with Crippen LogP contribution in [0.15, 0.2) is 30.9 Å². The Labute approximate surface area is 90.3 Å². The van der Waals surface area contributed by atoms with Gasteiger partial charge in [0.25, 0.3) is 0 Å². The summed E-state index contributed by atoms with van der Waals surface area (Å²) in [5.74, 6) is -1.20. The Balaban J connectivity index is 2.53. The summed E-state index contributed by atoms with van der Waals surface area (Å²) in [6.07, 6.45) is 3.88. The second-order valence-corrected chi connectivity index (χ2v) is 2.99. The third kappa shape index (κ3) is 1.81. The topological polar surface area (TPSA) is 96.2 Å². The van der Waals surface area contributed by atoms with Crippen molar-refractivity contribution in [1.82, 2.24) is 15.0 Å². The minimum absolute atomic E-state index is 0.0578. The summed E-state index contributed by atoms with van der Waals surface area (Å²) in [6, 6.07) is 2.83. The standard InChI is InChI=1S/C10H7N3O3/c14-9-4-11-2-1-6(9)7-3-8(10(15)16)13-5-12-7/h1-5,14H,(H,15,16). The number of hydrogen-bond donors (Lipinski definition) is 2. The average Bonchev–Trinajstić information content (AvgIpc) is 2.30. The molecule has 0 saturated carbocycles. The molecule has 0 spiro atoms. The van der Waals surface area contributed by atoms with Crippen molar-refractivity contribution in [2.45, 2.75) is 0 Å². The number of hydrogen-bond acceptors (Lipinski definition) is 5. The van der Waals surface area contributed by atoms with Crippen LogP contribution in [0.2, 0.25) is 0 Å². The van der Waals surface area contributed by atoms with Gasteiger partial charge in [-0.05, 0) is 12.1 Å². The monoisotopic (exact) mass is 217 g/mol. The van der Waals surface area contributed by atoms with E-state index in [2.05, 4.69) is 15.0 Å². The van der Waals surface area contributed by atoms with Crippen LogP contribution in [0.1, 0.15) is 10.5 Å². The van der Waals surface area contributed by atoms with Gasteiger partial charge in [-0.2, -0.15) is 0 Å². The molecular formula is C10H7N3O3. The van der Waals surface area contributed by atoms with E-state index >= 15 is 0 Å². The van der Waals surface area contributed by atoms with E-state index in [1.165, 1.54) is 18.5 Å². The van der Waals surface area contributed by atoms with E-state index in [4.69, 9.17) is 5.11 Å². The van der Waals surface area contributed by atoms with Gasteiger partial charge in [0.2, 0.25) is 0 Å². The first-order valence-electron chi connectivity index (χ1n) is 4.37. The van der Waals surface area contributed by atoms with Crippen LogP contribution < -0.4 is 0 Å². The lowest BCUT2D eigenvalue weighted by molar-refractivity contribution is 0.0690. The van der Waals surface area contributed by atoms with Crippen LogP contribution in [0, 0.1) is 0 Å². The highest BCUT2D eigenvalue weighted by Crippen LogP contribution is 2.25. The van der Waals surface area contributed by atoms with Gasteiger partial charge in [-0.15, -0.1) is 0 Å². The summed E-state index contributed by atoms with van der Waals surface area (Å²) in [6.45, 7) is 0. The minimum atomic E-state index is -1.14. The predicted molar refractivity (Wildman–Crippen MR) is 53.9 cm³/mol. The van der Waals surface area contributed by atoms with Gasteiger partial charge < -0.3 is 10.2 Å². The van der Waals surface area contributed by atoms with E-state index < -0.39 is 5.97 Å². The van der Waals surface area contributed by atoms with Crippen LogP contribution in [-0.4, -0.2) is 31.1 Å². The Morgan fingerprint density at radius 2 is 2.12 bits per heavy atom. The lowest BCUT2D eigenvalue weighted by Crippen LogP contribution is -2.01. The maximum atomic E-state index is 10.7. The van der Waals surface area contributed by atoms with Gasteiger partial charge in [0, 0.05) is 11.8 Å². The summed E-state index contributed by atoms with van der Waals surface area (Å²) in [4.78, 5) is 21.9. The van der Waals surface area contributed by atoms with Gasteiger partial charge >= 0.3 is 5.97 Å². The van der Waals surface area contributed by atoms with E-state index in [1.807, 2.05) is 0 Å². The number of aromatic carboxylic acids is 1. The molecule has 6 heteroatoms. The lowest BCUT2D eigenvalue weighted by atomic mass is 10.1. The van der Waals surface area contributed by atoms with Crippen molar-refractivity contribution < 1.29 is 15.0 Å². The fourth-order valence-electron chi connectivity index (χ4n) is 1.22. The van der Waals surface area contributed by atoms with Crippen LogP contribution in [0.25, 0.3) is 11.3 Å². The molecule has 0 unspecified atom stereocenters. The number of carbonyl (C=O) groups is 1. The molecule has 0 atom stereocenters. The third-order valence-corrected chi connectivity index (χ3v) is 1.96. The quantitative estimate of drug-likeness (QED) is 0.777. The zero-order valence-electron chi connectivity index (χ0n) is 8.03. The number of rotatable bonds is 2. The summed E-state index contributed by atoms with van der Waals surface area (Å²) < 4.78 is 0. The highest BCUT2D eigenvalue weighted by molar-refractivity contribution is 5.86. The Morgan fingerprint density at radius 3 is 2.81 bits per heavy atom. The number of pyridine rings is 1. The fourth-order valence-corrected chi connectivity index (χ4v) is 1.22. The maximum Gasteiger partial charge on any atom is 0.354 e.